The van der Waals surface area contributed by atoms with E-state index in [1.54, 1.807) is 6.92 Å². The molecule has 3 fully saturated rings. The number of Topliss-reactive ketones (excluding diaryl/α,β-unsaturated/α-hetero) is 1. The maximum absolute atomic E-state index is 11.1. The highest BCUT2D eigenvalue weighted by molar-refractivity contribution is 5.81. The molecule has 1 heterocycles. The number of ketones is 1. The van der Waals surface area contributed by atoms with Gasteiger partial charge in [-0.15, -0.1) is 0 Å². The van der Waals surface area contributed by atoms with E-state index in [4.69, 9.17) is 9.47 Å². The van der Waals surface area contributed by atoms with Gasteiger partial charge in [0.1, 0.15) is 5.78 Å². The van der Waals surface area contributed by atoms with Crippen molar-refractivity contribution in [1.29, 1.82) is 0 Å². The van der Waals surface area contributed by atoms with Gasteiger partial charge in [0, 0.05) is 11.8 Å². The van der Waals surface area contributed by atoms with Gasteiger partial charge in [-0.3, -0.25) is 4.79 Å². The van der Waals surface area contributed by atoms with Gasteiger partial charge in [0.2, 0.25) is 0 Å². The molecule has 0 aromatic rings. The summed E-state index contributed by atoms with van der Waals surface area (Å²) in [4.78, 5) is 11.1. The lowest BCUT2D eigenvalue weighted by Gasteiger charge is -2.26. The minimum atomic E-state index is -0.339. The van der Waals surface area contributed by atoms with Crippen LogP contribution in [0.15, 0.2) is 0 Å². The second kappa shape index (κ2) is 3.05. The Morgan fingerprint density at radius 2 is 2.33 bits per heavy atom. The average Bonchev–Trinajstić information content (AvgIpc) is 3.07. The molecule has 3 heteroatoms. The summed E-state index contributed by atoms with van der Waals surface area (Å²) < 4.78 is 11.5. The number of rotatable bonds is 4. The molecule has 3 rings (SSSR count). The van der Waals surface area contributed by atoms with E-state index in [0.717, 1.165) is 18.9 Å². The van der Waals surface area contributed by atoms with E-state index in [-0.39, 0.29) is 11.7 Å². The monoisotopic (exact) mass is 210 g/mol. The molecule has 0 N–H and O–H groups in total. The largest absolute Gasteiger partial charge is 0.350 e. The molecule has 2 aliphatic carbocycles. The molecule has 3 nitrogen and oxygen atoms in total. The maximum Gasteiger partial charge on any atom is 0.168 e. The normalized spacial score (nSPS) is 51.3. The van der Waals surface area contributed by atoms with Crippen LogP contribution in [0, 0.1) is 23.7 Å². The minimum Gasteiger partial charge on any atom is -0.350 e. The van der Waals surface area contributed by atoms with Gasteiger partial charge in [-0.25, -0.2) is 0 Å². The Balaban J connectivity index is 1.49. The van der Waals surface area contributed by atoms with Crippen LogP contribution in [0.2, 0.25) is 0 Å². The summed E-state index contributed by atoms with van der Waals surface area (Å²) >= 11 is 0. The van der Waals surface area contributed by atoms with Crippen molar-refractivity contribution in [3.63, 3.8) is 0 Å². The van der Waals surface area contributed by atoms with E-state index in [1.807, 2.05) is 0 Å². The smallest absolute Gasteiger partial charge is 0.168 e. The maximum atomic E-state index is 11.1. The zero-order valence-corrected chi connectivity index (χ0v) is 9.36. The molecule has 1 saturated heterocycles. The van der Waals surface area contributed by atoms with E-state index in [2.05, 4.69) is 6.92 Å². The number of carbonyl (C=O) groups is 1. The van der Waals surface area contributed by atoms with E-state index in [0.29, 0.717) is 24.2 Å². The number of fused-ring (bicyclic) bond motifs is 1. The van der Waals surface area contributed by atoms with Crippen molar-refractivity contribution in [2.45, 2.75) is 32.5 Å². The van der Waals surface area contributed by atoms with E-state index in [9.17, 15) is 4.79 Å². The summed E-state index contributed by atoms with van der Waals surface area (Å²) in [5, 5.41) is 0. The summed E-state index contributed by atoms with van der Waals surface area (Å²) in [6, 6.07) is 0. The summed E-state index contributed by atoms with van der Waals surface area (Å²) in [6.07, 6.45) is 2.27. The molecule has 1 aliphatic heterocycles. The van der Waals surface area contributed by atoms with Gasteiger partial charge in [0.05, 0.1) is 13.2 Å². The van der Waals surface area contributed by atoms with Crippen LogP contribution in [0.1, 0.15) is 26.7 Å². The highest BCUT2D eigenvalue weighted by Gasteiger charge is 2.58. The Kier molecular flexibility index (Phi) is 1.99. The second-order valence-corrected chi connectivity index (χ2v) is 5.45. The van der Waals surface area contributed by atoms with Gasteiger partial charge >= 0.3 is 0 Å². The van der Waals surface area contributed by atoms with Gasteiger partial charge in [-0.2, -0.15) is 0 Å². The SMILES string of the molecule is CC(=O)[C@H]1C[C@H]1CO[C@]1(C)OC[C@H]2C[C@H]21. The number of hydrogen-bond acceptors (Lipinski definition) is 3. The third-order valence-corrected chi connectivity index (χ3v) is 4.21. The summed E-state index contributed by atoms with van der Waals surface area (Å²) in [6.45, 7) is 5.29. The molecule has 15 heavy (non-hydrogen) atoms. The topological polar surface area (TPSA) is 35.5 Å². The number of carbonyl (C=O) groups excluding carboxylic acids is 1. The molecule has 0 aromatic carbocycles. The zero-order chi connectivity index (χ0) is 10.6. The van der Waals surface area contributed by atoms with Gasteiger partial charge < -0.3 is 9.47 Å². The number of hydrogen-bond donors (Lipinski definition) is 0. The molecule has 0 aromatic heterocycles. The van der Waals surface area contributed by atoms with Crippen LogP contribution in [0.4, 0.5) is 0 Å². The van der Waals surface area contributed by atoms with Gasteiger partial charge in [-0.1, -0.05) is 0 Å². The third kappa shape index (κ3) is 1.62. The Hall–Kier alpha value is -0.410. The summed E-state index contributed by atoms with van der Waals surface area (Å²) in [5.74, 6) is 2.06. The van der Waals surface area contributed by atoms with Crippen molar-refractivity contribution in [1.82, 2.24) is 0 Å². The van der Waals surface area contributed by atoms with Crippen LogP contribution in [0.5, 0.6) is 0 Å². The molecule has 0 bridgehead atoms. The highest BCUT2D eigenvalue weighted by atomic mass is 16.7. The fraction of sp³-hybridized carbons (Fsp3) is 0.917. The van der Waals surface area contributed by atoms with Crippen LogP contribution in [-0.2, 0) is 14.3 Å². The Bertz CT molecular complexity index is 301. The van der Waals surface area contributed by atoms with Gasteiger partial charge in [0.25, 0.3) is 0 Å². The first kappa shape index (κ1) is 9.79. The molecule has 0 amide bonds. The Morgan fingerprint density at radius 1 is 1.53 bits per heavy atom. The van der Waals surface area contributed by atoms with E-state index < -0.39 is 0 Å². The number of ether oxygens (including phenoxy) is 2. The van der Waals surface area contributed by atoms with Crippen LogP contribution < -0.4 is 0 Å². The first-order valence-corrected chi connectivity index (χ1v) is 5.88. The first-order valence-electron chi connectivity index (χ1n) is 5.88. The predicted octanol–water partition coefficient (Wildman–Crippen LogP) is 1.61. The zero-order valence-electron chi connectivity index (χ0n) is 9.36. The van der Waals surface area contributed by atoms with Crippen LogP contribution in [-0.4, -0.2) is 24.8 Å². The second-order valence-electron chi connectivity index (χ2n) is 5.45. The highest BCUT2D eigenvalue weighted by Crippen LogP contribution is 2.55. The van der Waals surface area contributed by atoms with Crippen LogP contribution >= 0.6 is 0 Å². The Labute approximate surface area is 90.1 Å². The van der Waals surface area contributed by atoms with Crippen molar-refractivity contribution in [3.05, 3.63) is 0 Å². The third-order valence-electron chi connectivity index (χ3n) is 4.21. The van der Waals surface area contributed by atoms with E-state index in [1.165, 1.54) is 6.42 Å². The molecule has 3 aliphatic rings. The van der Waals surface area contributed by atoms with Crippen molar-refractivity contribution in [2.24, 2.45) is 23.7 Å². The first-order chi connectivity index (χ1) is 7.10. The molecular formula is C12H18O3. The van der Waals surface area contributed by atoms with Crippen molar-refractivity contribution in [2.75, 3.05) is 13.2 Å². The van der Waals surface area contributed by atoms with Crippen molar-refractivity contribution < 1.29 is 14.3 Å². The van der Waals surface area contributed by atoms with Crippen molar-refractivity contribution >= 4 is 5.78 Å². The lowest BCUT2D eigenvalue weighted by molar-refractivity contribution is -0.218. The predicted molar refractivity (Wildman–Crippen MR) is 54.2 cm³/mol. The summed E-state index contributed by atoms with van der Waals surface area (Å²) in [5.41, 5.74) is 0. The summed E-state index contributed by atoms with van der Waals surface area (Å²) in [7, 11) is 0. The average molecular weight is 210 g/mol. The molecule has 0 spiro atoms. The minimum absolute atomic E-state index is 0.269. The quantitative estimate of drug-likeness (QED) is 0.707. The van der Waals surface area contributed by atoms with Crippen LogP contribution in [0.3, 0.4) is 0 Å². The van der Waals surface area contributed by atoms with Gasteiger partial charge in [-0.05, 0) is 38.5 Å². The fourth-order valence-corrected chi connectivity index (χ4v) is 2.80. The lowest BCUT2D eigenvalue weighted by atomic mass is 10.2. The van der Waals surface area contributed by atoms with Gasteiger partial charge in [0.15, 0.2) is 5.79 Å². The molecule has 0 radical (unpaired) electrons. The molecule has 84 valence electrons. The van der Waals surface area contributed by atoms with Crippen LogP contribution in [0.25, 0.3) is 0 Å². The Morgan fingerprint density at radius 3 is 2.80 bits per heavy atom. The van der Waals surface area contributed by atoms with E-state index >= 15 is 0 Å². The van der Waals surface area contributed by atoms with Crippen molar-refractivity contribution in [3.8, 4) is 0 Å². The standard InChI is InChI=1S/C12H18O3/c1-7(13)10-3-8(10)5-14-12(2)11-4-9(11)6-15-12/h8-11H,3-6H2,1-2H3/t8-,9+,10+,11+,12+/m0/s1. The fourth-order valence-electron chi connectivity index (χ4n) is 2.80. The lowest BCUT2D eigenvalue weighted by Crippen LogP contribution is -2.32. The molecule has 2 saturated carbocycles. The molecule has 5 atom stereocenters. The molecular weight excluding hydrogens is 192 g/mol. The molecule has 0 unspecified atom stereocenters.